The summed E-state index contributed by atoms with van der Waals surface area (Å²) in [5.41, 5.74) is 0.864. The number of benzene rings is 2. The molecule has 1 heterocycles. The maximum atomic E-state index is 12.6. The van der Waals surface area contributed by atoms with Gasteiger partial charge in [0.15, 0.2) is 0 Å². The summed E-state index contributed by atoms with van der Waals surface area (Å²) in [6, 6.07) is 12.4. The van der Waals surface area contributed by atoms with E-state index < -0.39 is 10.0 Å². The molecule has 2 N–H and O–H groups in total. The normalized spacial score (nSPS) is 10.9. The number of sulfonamides is 1. The van der Waals surface area contributed by atoms with E-state index in [0.717, 1.165) is 0 Å². The first-order chi connectivity index (χ1) is 15.4. The van der Waals surface area contributed by atoms with Crippen LogP contribution in [0.3, 0.4) is 0 Å². The van der Waals surface area contributed by atoms with Gasteiger partial charge in [-0.3, -0.25) is 9.52 Å². The van der Waals surface area contributed by atoms with Crippen molar-refractivity contribution < 1.29 is 27.4 Å². The van der Waals surface area contributed by atoms with Gasteiger partial charge in [-0.05, 0) is 48.5 Å². The molecule has 0 saturated carbocycles. The Balaban J connectivity index is 1.64. The standard InChI is InChI=1S/C21H22N4O6S/c1-29-13-14-31-17-7-3-15(4-8-17)20(26)24-16-5-9-18(10-6-16)32(27,28)25-19-21(30-2)23-12-11-22-19/h3-12H,13-14H2,1-2H3,(H,22,25)(H,24,26). The maximum Gasteiger partial charge on any atom is 0.263 e. The van der Waals surface area contributed by atoms with Gasteiger partial charge >= 0.3 is 0 Å². The molecule has 0 saturated heterocycles. The summed E-state index contributed by atoms with van der Waals surface area (Å²) in [6.45, 7) is 0.881. The number of hydrogen-bond donors (Lipinski definition) is 2. The molecule has 1 aromatic heterocycles. The third-order valence-corrected chi connectivity index (χ3v) is 5.54. The molecule has 0 bridgehead atoms. The van der Waals surface area contributed by atoms with E-state index in [4.69, 9.17) is 14.2 Å². The molecule has 3 rings (SSSR count). The SMILES string of the molecule is COCCOc1ccc(C(=O)Nc2ccc(S(=O)(=O)Nc3nccnc3OC)cc2)cc1. The van der Waals surface area contributed by atoms with Gasteiger partial charge in [-0.1, -0.05) is 0 Å². The molecular weight excluding hydrogens is 436 g/mol. The quantitative estimate of drug-likeness (QED) is 0.444. The molecule has 3 aromatic rings. The molecule has 0 aliphatic carbocycles. The van der Waals surface area contributed by atoms with Crippen LogP contribution in [0.5, 0.6) is 11.6 Å². The average molecular weight is 458 g/mol. The van der Waals surface area contributed by atoms with Crippen molar-refractivity contribution in [3.63, 3.8) is 0 Å². The first kappa shape index (κ1) is 23.0. The van der Waals surface area contributed by atoms with Gasteiger partial charge in [0, 0.05) is 30.8 Å². The largest absolute Gasteiger partial charge is 0.491 e. The van der Waals surface area contributed by atoms with Crippen molar-refractivity contribution >= 4 is 27.4 Å². The molecule has 0 spiro atoms. The van der Waals surface area contributed by atoms with Crippen molar-refractivity contribution in [1.29, 1.82) is 0 Å². The number of ether oxygens (including phenoxy) is 3. The van der Waals surface area contributed by atoms with Crippen molar-refractivity contribution in [2.24, 2.45) is 0 Å². The Morgan fingerprint density at radius 3 is 2.28 bits per heavy atom. The number of carbonyl (C=O) groups excluding carboxylic acids is 1. The fraction of sp³-hybridized carbons (Fsp3) is 0.190. The molecule has 0 aliphatic heterocycles. The molecule has 2 aromatic carbocycles. The van der Waals surface area contributed by atoms with E-state index in [1.807, 2.05) is 0 Å². The van der Waals surface area contributed by atoms with Crippen LogP contribution in [0.1, 0.15) is 10.4 Å². The number of carbonyl (C=O) groups is 1. The maximum absolute atomic E-state index is 12.6. The monoisotopic (exact) mass is 458 g/mol. The number of nitrogens with zero attached hydrogens (tertiary/aromatic N) is 2. The third-order valence-electron chi connectivity index (χ3n) is 4.18. The van der Waals surface area contributed by atoms with E-state index in [1.54, 1.807) is 31.4 Å². The number of hydrogen-bond acceptors (Lipinski definition) is 8. The predicted octanol–water partition coefficient (Wildman–Crippen LogP) is 2.56. The van der Waals surface area contributed by atoms with Gasteiger partial charge in [-0.25, -0.2) is 18.4 Å². The van der Waals surface area contributed by atoms with E-state index in [2.05, 4.69) is 20.0 Å². The average Bonchev–Trinajstić information content (AvgIpc) is 2.80. The second-order valence-corrected chi connectivity index (χ2v) is 8.05. The number of aromatic nitrogens is 2. The molecule has 0 unspecified atom stereocenters. The Bertz CT molecular complexity index is 1150. The lowest BCUT2D eigenvalue weighted by Crippen LogP contribution is -2.15. The molecular formula is C21H22N4O6S. The Kier molecular flexibility index (Phi) is 7.58. The summed E-state index contributed by atoms with van der Waals surface area (Å²) in [4.78, 5) is 20.3. The summed E-state index contributed by atoms with van der Waals surface area (Å²) in [6.07, 6.45) is 2.73. The molecule has 11 heteroatoms. The van der Waals surface area contributed by atoms with Crippen LogP contribution in [0.25, 0.3) is 0 Å². The van der Waals surface area contributed by atoms with Gasteiger partial charge < -0.3 is 19.5 Å². The third kappa shape index (κ3) is 5.93. The topological polar surface area (TPSA) is 129 Å². The van der Waals surface area contributed by atoms with Crippen LogP contribution in [0, 0.1) is 0 Å². The molecule has 0 aliphatic rings. The highest BCUT2D eigenvalue weighted by atomic mass is 32.2. The molecule has 0 radical (unpaired) electrons. The van der Waals surface area contributed by atoms with E-state index in [9.17, 15) is 13.2 Å². The van der Waals surface area contributed by atoms with Gasteiger partial charge in [0.05, 0.1) is 18.6 Å². The second kappa shape index (κ2) is 10.6. The number of methoxy groups -OCH3 is 2. The summed E-state index contributed by atoms with van der Waals surface area (Å²) >= 11 is 0. The van der Waals surface area contributed by atoms with E-state index in [1.165, 1.54) is 43.8 Å². The lowest BCUT2D eigenvalue weighted by molar-refractivity contribution is 0.102. The van der Waals surface area contributed by atoms with E-state index in [-0.39, 0.29) is 22.5 Å². The zero-order chi connectivity index (χ0) is 23.0. The minimum Gasteiger partial charge on any atom is -0.491 e. The van der Waals surface area contributed by atoms with Crippen LogP contribution < -0.4 is 19.5 Å². The number of rotatable bonds is 10. The summed E-state index contributed by atoms with van der Waals surface area (Å²) in [5, 5.41) is 2.72. The second-order valence-electron chi connectivity index (χ2n) is 6.36. The molecule has 10 nitrogen and oxygen atoms in total. The zero-order valence-corrected chi connectivity index (χ0v) is 18.3. The van der Waals surface area contributed by atoms with Crippen LogP contribution in [0.4, 0.5) is 11.5 Å². The Morgan fingerprint density at radius 2 is 1.62 bits per heavy atom. The highest BCUT2D eigenvalue weighted by Gasteiger charge is 2.18. The Labute approximate surface area is 185 Å². The van der Waals surface area contributed by atoms with Gasteiger partial charge in [0.25, 0.3) is 21.8 Å². The summed E-state index contributed by atoms with van der Waals surface area (Å²) < 4.78 is 42.9. The van der Waals surface area contributed by atoms with Gasteiger partial charge in [-0.15, -0.1) is 0 Å². The lowest BCUT2D eigenvalue weighted by atomic mass is 10.2. The van der Waals surface area contributed by atoms with Gasteiger partial charge in [0.1, 0.15) is 12.4 Å². The smallest absolute Gasteiger partial charge is 0.263 e. The minimum atomic E-state index is -3.93. The van der Waals surface area contributed by atoms with E-state index in [0.29, 0.717) is 30.2 Å². The van der Waals surface area contributed by atoms with Crippen LogP contribution in [0.15, 0.2) is 65.8 Å². The molecule has 0 fully saturated rings. The number of amides is 1. The highest BCUT2D eigenvalue weighted by molar-refractivity contribution is 7.92. The fourth-order valence-electron chi connectivity index (χ4n) is 2.60. The molecule has 1 amide bonds. The summed E-state index contributed by atoms with van der Waals surface area (Å²) in [7, 11) is -0.976. The highest BCUT2D eigenvalue weighted by Crippen LogP contribution is 2.22. The van der Waals surface area contributed by atoms with Crippen molar-refractivity contribution in [1.82, 2.24) is 9.97 Å². The van der Waals surface area contributed by atoms with Gasteiger partial charge in [-0.2, -0.15) is 0 Å². The molecule has 168 valence electrons. The van der Waals surface area contributed by atoms with Crippen LogP contribution >= 0.6 is 0 Å². The first-order valence-corrected chi connectivity index (χ1v) is 10.9. The van der Waals surface area contributed by atoms with Crippen molar-refractivity contribution in [2.75, 3.05) is 37.5 Å². The summed E-state index contributed by atoms with van der Waals surface area (Å²) in [5.74, 6) is 0.309. The first-order valence-electron chi connectivity index (χ1n) is 9.44. The minimum absolute atomic E-state index is 0.0132. The Morgan fingerprint density at radius 1 is 0.938 bits per heavy atom. The van der Waals surface area contributed by atoms with Crippen molar-refractivity contribution in [3.8, 4) is 11.6 Å². The number of nitrogens with one attached hydrogen (secondary N) is 2. The Hall–Kier alpha value is -3.70. The molecule has 32 heavy (non-hydrogen) atoms. The predicted molar refractivity (Wildman–Crippen MR) is 118 cm³/mol. The van der Waals surface area contributed by atoms with Crippen LogP contribution in [-0.4, -0.2) is 51.7 Å². The fourth-order valence-corrected chi connectivity index (χ4v) is 3.60. The number of anilines is 2. The zero-order valence-electron chi connectivity index (χ0n) is 17.4. The lowest BCUT2D eigenvalue weighted by Gasteiger charge is -2.11. The van der Waals surface area contributed by atoms with Gasteiger partial charge in [0.2, 0.25) is 5.82 Å². The van der Waals surface area contributed by atoms with Crippen molar-refractivity contribution in [2.45, 2.75) is 4.90 Å². The van der Waals surface area contributed by atoms with E-state index >= 15 is 0 Å². The van der Waals surface area contributed by atoms with Crippen molar-refractivity contribution in [3.05, 3.63) is 66.5 Å². The van der Waals surface area contributed by atoms with Crippen LogP contribution in [0.2, 0.25) is 0 Å². The van der Waals surface area contributed by atoms with Crippen LogP contribution in [-0.2, 0) is 14.8 Å². The molecule has 0 atom stereocenters.